The van der Waals surface area contributed by atoms with Crippen molar-refractivity contribution >= 4 is 0 Å². The molecule has 15 heavy (non-hydrogen) atoms. The van der Waals surface area contributed by atoms with Crippen LogP contribution in [0.2, 0.25) is 0 Å². The highest BCUT2D eigenvalue weighted by atomic mass is 14.7. The molecule has 0 aromatic heterocycles. The van der Waals surface area contributed by atoms with E-state index in [9.17, 15) is 0 Å². The van der Waals surface area contributed by atoms with Gasteiger partial charge in [-0.2, -0.15) is 0 Å². The Labute approximate surface area is 92.7 Å². The van der Waals surface area contributed by atoms with E-state index in [1.165, 1.54) is 42.4 Å². The van der Waals surface area contributed by atoms with Crippen LogP contribution < -0.4 is 5.73 Å². The zero-order valence-electron chi connectivity index (χ0n) is 9.79. The fourth-order valence-corrected chi connectivity index (χ4v) is 2.69. The number of benzene rings is 1. The van der Waals surface area contributed by atoms with Crippen LogP contribution in [0.5, 0.6) is 0 Å². The number of nitrogens with two attached hydrogens (primary N) is 1. The maximum atomic E-state index is 6.37. The molecule has 0 amide bonds. The van der Waals surface area contributed by atoms with Crippen molar-refractivity contribution in [1.29, 1.82) is 0 Å². The highest BCUT2D eigenvalue weighted by molar-refractivity contribution is 5.33. The Morgan fingerprint density at radius 1 is 1.20 bits per heavy atom. The molecule has 2 rings (SSSR count). The summed E-state index contributed by atoms with van der Waals surface area (Å²) in [5.74, 6) is 0.713. The van der Waals surface area contributed by atoms with Gasteiger partial charge in [-0.15, -0.1) is 0 Å². The second-order valence-electron chi connectivity index (χ2n) is 4.93. The number of aryl methyl sites for hydroxylation is 2. The van der Waals surface area contributed by atoms with Crippen molar-refractivity contribution in [2.75, 3.05) is 0 Å². The lowest BCUT2D eigenvalue weighted by atomic mass is 9.89. The summed E-state index contributed by atoms with van der Waals surface area (Å²) >= 11 is 0. The van der Waals surface area contributed by atoms with Crippen molar-refractivity contribution < 1.29 is 0 Å². The van der Waals surface area contributed by atoms with Crippen LogP contribution in [0.15, 0.2) is 18.2 Å². The Kier molecular flexibility index (Phi) is 3.11. The lowest BCUT2D eigenvalue weighted by Crippen LogP contribution is -2.20. The summed E-state index contributed by atoms with van der Waals surface area (Å²) < 4.78 is 0. The Bertz CT molecular complexity index is 337. The standard InChI is InChI=1S/C14H21N/c1-10-7-8-11(2)13(9-10)14(15)12-5-3-4-6-12/h7-9,12,14H,3-6,15H2,1-2H3/t14-/m1/s1. The van der Waals surface area contributed by atoms with Crippen molar-refractivity contribution in [3.63, 3.8) is 0 Å². The molecule has 1 heteroatoms. The zero-order chi connectivity index (χ0) is 10.8. The van der Waals surface area contributed by atoms with E-state index in [4.69, 9.17) is 5.73 Å². The first-order chi connectivity index (χ1) is 7.18. The first kappa shape index (κ1) is 10.7. The van der Waals surface area contributed by atoms with Gasteiger partial charge in [0.2, 0.25) is 0 Å². The first-order valence-corrected chi connectivity index (χ1v) is 6.01. The van der Waals surface area contributed by atoms with E-state index >= 15 is 0 Å². The molecule has 1 aliphatic rings. The quantitative estimate of drug-likeness (QED) is 0.782. The monoisotopic (exact) mass is 203 g/mol. The molecule has 0 aliphatic heterocycles. The van der Waals surface area contributed by atoms with Gasteiger partial charge in [0.15, 0.2) is 0 Å². The van der Waals surface area contributed by atoms with E-state index in [1.54, 1.807) is 0 Å². The normalized spacial score (nSPS) is 19.4. The molecule has 0 heterocycles. The topological polar surface area (TPSA) is 26.0 Å². The van der Waals surface area contributed by atoms with E-state index in [2.05, 4.69) is 32.0 Å². The van der Waals surface area contributed by atoms with Gasteiger partial charge >= 0.3 is 0 Å². The molecule has 2 N–H and O–H groups in total. The highest BCUT2D eigenvalue weighted by Crippen LogP contribution is 2.35. The average molecular weight is 203 g/mol. The second-order valence-corrected chi connectivity index (χ2v) is 4.93. The molecule has 1 aromatic rings. The molecule has 1 aromatic carbocycles. The molecule has 1 aliphatic carbocycles. The number of hydrogen-bond donors (Lipinski definition) is 1. The third-order valence-corrected chi connectivity index (χ3v) is 3.70. The average Bonchev–Trinajstić information content (AvgIpc) is 2.74. The predicted molar refractivity (Wildman–Crippen MR) is 64.8 cm³/mol. The van der Waals surface area contributed by atoms with Crippen molar-refractivity contribution in [2.24, 2.45) is 11.7 Å². The van der Waals surface area contributed by atoms with Crippen LogP contribution in [0.25, 0.3) is 0 Å². The van der Waals surface area contributed by atoms with Crippen LogP contribution in [-0.2, 0) is 0 Å². The summed E-state index contributed by atoms with van der Waals surface area (Å²) in [5, 5.41) is 0. The van der Waals surface area contributed by atoms with Gasteiger partial charge in [0.1, 0.15) is 0 Å². The summed E-state index contributed by atoms with van der Waals surface area (Å²) in [5.41, 5.74) is 10.4. The van der Waals surface area contributed by atoms with Gasteiger partial charge in [-0.3, -0.25) is 0 Å². The second kappa shape index (κ2) is 4.36. The zero-order valence-corrected chi connectivity index (χ0v) is 9.79. The SMILES string of the molecule is Cc1ccc(C)c([C@H](N)C2CCCC2)c1. The third kappa shape index (κ3) is 2.23. The fourth-order valence-electron chi connectivity index (χ4n) is 2.69. The maximum Gasteiger partial charge on any atom is 0.0326 e. The van der Waals surface area contributed by atoms with Crippen LogP contribution >= 0.6 is 0 Å². The van der Waals surface area contributed by atoms with Crippen molar-refractivity contribution in [1.82, 2.24) is 0 Å². The van der Waals surface area contributed by atoms with Gasteiger partial charge in [-0.1, -0.05) is 36.6 Å². The van der Waals surface area contributed by atoms with E-state index in [-0.39, 0.29) is 6.04 Å². The van der Waals surface area contributed by atoms with Gasteiger partial charge in [0, 0.05) is 6.04 Å². The molecule has 1 nitrogen and oxygen atoms in total. The third-order valence-electron chi connectivity index (χ3n) is 3.70. The predicted octanol–water partition coefficient (Wildman–Crippen LogP) is 3.49. The van der Waals surface area contributed by atoms with Gasteiger partial charge < -0.3 is 5.73 Å². The van der Waals surface area contributed by atoms with Crippen LogP contribution in [0.3, 0.4) is 0 Å². The summed E-state index contributed by atoms with van der Waals surface area (Å²) in [6, 6.07) is 6.88. The van der Waals surface area contributed by atoms with E-state index in [0.717, 1.165) is 0 Å². The molecule has 0 unspecified atom stereocenters. The largest absolute Gasteiger partial charge is 0.324 e. The molecule has 0 radical (unpaired) electrons. The van der Waals surface area contributed by atoms with Crippen molar-refractivity contribution in [3.8, 4) is 0 Å². The molecular formula is C14H21N. The van der Waals surface area contributed by atoms with Crippen LogP contribution in [0, 0.1) is 19.8 Å². The molecule has 0 saturated heterocycles. The minimum atomic E-state index is 0.257. The summed E-state index contributed by atoms with van der Waals surface area (Å²) in [4.78, 5) is 0. The van der Waals surface area contributed by atoms with Gasteiger partial charge in [-0.05, 0) is 43.7 Å². The van der Waals surface area contributed by atoms with Crippen LogP contribution in [0.1, 0.15) is 48.4 Å². The highest BCUT2D eigenvalue weighted by Gasteiger charge is 2.24. The Morgan fingerprint density at radius 3 is 2.53 bits per heavy atom. The molecular weight excluding hydrogens is 182 g/mol. The maximum absolute atomic E-state index is 6.37. The Balaban J connectivity index is 2.23. The van der Waals surface area contributed by atoms with Crippen molar-refractivity contribution in [3.05, 3.63) is 34.9 Å². The summed E-state index contributed by atoms with van der Waals surface area (Å²) in [6.07, 6.45) is 5.36. The smallest absolute Gasteiger partial charge is 0.0326 e. The van der Waals surface area contributed by atoms with Crippen LogP contribution in [-0.4, -0.2) is 0 Å². The first-order valence-electron chi connectivity index (χ1n) is 6.01. The number of hydrogen-bond acceptors (Lipinski definition) is 1. The molecule has 0 spiro atoms. The lowest BCUT2D eigenvalue weighted by Gasteiger charge is -2.21. The fraction of sp³-hybridized carbons (Fsp3) is 0.571. The lowest BCUT2D eigenvalue weighted by molar-refractivity contribution is 0.443. The Morgan fingerprint density at radius 2 is 1.87 bits per heavy atom. The van der Waals surface area contributed by atoms with Gasteiger partial charge in [0.05, 0.1) is 0 Å². The van der Waals surface area contributed by atoms with Gasteiger partial charge in [0.25, 0.3) is 0 Å². The molecule has 1 atom stereocenters. The summed E-state index contributed by atoms with van der Waals surface area (Å²) in [7, 11) is 0. The van der Waals surface area contributed by atoms with Crippen LogP contribution in [0.4, 0.5) is 0 Å². The molecule has 0 bridgehead atoms. The van der Waals surface area contributed by atoms with E-state index in [0.29, 0.717) is 5.92 Å². The molecule has 82 valence electrons. The number of rotatable bonds is 2. The van der Waals surface area contributed by atoms with E-state index < -0.39 is 0 Å². The van der Waals surface area contributed by atoms with E-state index in [1.807, 2.05) is 0 Å². The minimum Gasteiger partial charge on any atom is -0.324 e. The van der Waals surface area contributed by atoms with Crippen molar-refractivity contribution in [2.45, 2.75) is 45.6 Å². The molecule has 1 saturated carbocycles. The minimum absolute atomic E-state index is 0.257. The molecule has 1 fully saturated rings. The van der Waals surface area contributed by atoms with Gasteiger partial charge in [-0.25, -0.2) is 0 Å². The summed E-state index contributed by atoms with van der Waals surface area (Å²) in [6.45, 7) is 4.31. The Hall–Kier alpha value is -0.820.